The summed E-state index contributed by atoms with van der Waals surface area (Å²) in [5.41, 5.74) is 2.22. The van der Waals surface area contributed by atoms with Gasteiger partial charge in [-0.05, 0) is 48.2 Å². The van der Waals surface area contributed by atoms with Crippen molar-refractivity contribution in [1.29, 1.82) is 0 Å². The molecule has 0 aliphatic carbocycles. The van der Waals surface area contributed by atoms with Crippen molar-refractivity contribution in [3.8, 4) is 0 Å². The number of fused-ring (bicyclic) bond motifs is 1. The van der Waals surface area contributed by atoms with Crippen molar-refractivity contribution in [2.24, 2.45) is 0 Å². The first-order valence-electron chi connectivity index (χ1n) is 9.85. The second-order valence-electron chi connectivity index (χ2n) is 6.99. The number of carbonyl (C=O) groups is 1. The van der Waals surface area contributed by atoms with Crippen molar-refractivity contribution in [3.05, 3.63) is 82.3 Å². The monoisotopic (exact) mass is 454 g/mol. The molecular formula is C22H22N4O3S2. The van der Waals surface area contributed by atoms with Crippen LogP contribution in [0.25, 0.3) is 11.0 Å². The Bertz CT molecular complexity index is 1250. The molecule has 2 heterocycles. The van der Waals surface area contributed by atoms with Gasteiger partial charge in [-0.15, -0.1) is 11.3 Å². The second kappa shape index (κ2) is 9.42. The maximum Gasteiger partial charge on any atom is 0.251 e. The fourth-order valence-corrected chi connectivity index (χ4v) is 4.94. The number of sulfonamides is 1. The maximum absolute atomic E-state index is 12.5. The first-order valence-corrected chi connectivity index (χ1v) is 12.2. The van der Waals surface area contributed by atoms with E-state index in [1.807, 2.05) is 41.8 Å². The third-order valence-corrected chi connectivity index (χ3v) is 7.01. The van der Waals surface area contributed by atoms with E-state index in [9.17, 15) is 13.2 Å². The molecule has 7 nitrogen and oxygen atoms in total. The number of benzene rings is 2. The summed E-state index contributed by atoms with van der Waals surface area (Å²) >= 11 is 1.48. The van der Waals surface area contributed by atoms with E-state index in [1.165, 1.54) is 23.5 Å². The van der Waals surface area contributed by atoms with Crippen LogP contribution in [0.4, 0.5) is 0 Å². The van der Waals surface area contributed by atoms with E-state index in [0.29, 0.717) is 24.9 Å². The average molecular weight is 455 g/mol. The predicted molar refractivity (Wildman–Crippen MR) is 122 cm³/mol. The van der Waals surface area contributed by atoms with Gasteiger partial charge in [0.15, 0.2) is 0 Å². The number of rotatable bonds is 9. The smallest absolute Gasteiger partial charge is 0.251 e. The molecule has 31 heavy (non-hydrogen) atoms. The molecule has 0 atom stereocenters. The average Bonchev–Trinajstić information content (AvgIpc) is 3.44. The van der Waals surface area contributed by atoms with Gasteiger partial charge < -0.3 is 10.3 Å². The Balaban J connectivity index is 1.31. The molecule has 160 valence electrons. The number of para-hydroxylation sites is 2. The molecule has 0 saturated carbocycles. The van der Waals surface area contributed by atoms with Crippen LogP contribution in [-0.4, -0.2) is 30.8 Å². The minimum Gasteiger partial charge on any atom is -0.352 e. The minimum absolute atomic E-state index is 0.0685. The molecule has 0 aliphatic heterocycles. The van der Waals surface area contributed by atoms with Gasteiger partial charge in [-0.25, -0.2) is 18.1 Å². The summed E-state index contributed by atoms with van der Waals surface area (Å²) in [5.74, 6) is 0.570. The molecule has 1 amide bonds. The zero-order valence-electron chi connectivity index (χ0n) is 16.7. The third-order valence-electron chi connectivity index (χ3n) is 4.74. The zero-order valence-corrected chi connectivity index (χ0v) is 18.3. The van der Waals surface area contributed by atoms with Crippen LogP contribution in [0.2, 0.25) is 0 Å². The molecule has 3 N–H and O–H groups in total. The highest BCUT2D eigenvalue weighted by Crippen LogP contribution is 2.14. The molecule has 2 aromatic heterocycles. The number of thiophene rings is 1. The standard InChI is InChI=1S/C22H22N4O3S2/c27-22(23-12-4-11-21-25-19-9-1-2-10-20(19)26-21)16-6-3-8-18(14-16)31(28,29)24-15-17-7-5-13-30-17/h1-3,5-10,13-14,24H,4,11-12,15H2,(H,23,27)(H,25,26). The molecule has 0 aliphatic rings. The normalized spacial score (nSPS) is 11.6. The van der Waals surface area contributed by atoms with Crippen LogP contribution in [-0.2, 0) is 23.0 Å². The molecule has 0 fully saturated rings. The quantitative estimate of drug-likeness (QED) is 0.337. The van der Waals surface area contributed by atoms with E-state index in [1.54, 1.807) is 12.1 Å². The molecule has 0 saturated heterocycles. The summed E-state index contributed by atoms with van der Waals surface area (Å²) < 4.78 is 27.7. The van der Waals surface area contributed by atoms with Gasteiger partial charge in [0, 0.05) is 30.0 Å². The van der Waals surface area contributed by atoms with Crippen molar-refractivity contribution in [2.75, 3.05) is 6.54 Å². The Morgan fingerprint density at radius 1 is 1.06 bits per heavy atom. The van der Waals surface area contributed by atoms with Gasteiger partial charge in [0.1, 0.15) is 5.82 Å². The fraction of sp³-hybridized carbons (Fsp3) is 0.182. The van der Waals surface area contributed by atoms with Gasteiger partial charge >= 0.3 is 0 Å². The number of carbonyl (C=O) groups excluding carboxylic acids is 1. The predicted octanol–water partition coefficient (Wildman–Crippen LogP) is 3.47. The van der Waals surface area contributed by atoms with Crippen molar-refractivity contribution < 1.29 is 13.2 Å². The number of aromatic nitrogens is 2. The van der Waals surface area contributed by atoms with E-state index in [0.717, 1.165) is 21.7 Å². The Morgan fingerprint density at radius 3 is 2.74 bits per heavy atom. The highest BCUT2D eigenvalue weighted by atomic mass is 32.2. The van der Waals surface area contributed by atoms with Gasteiger partial charge in [-0.2, -0.15) is 0 Å². The number of aryl methyl sites for hydroxylation is 1. The Labute approximate surface area is 184 Å². The number of imidazole rings is 1. The summed E-state index contributed by atoms with van der Waals surface area (Å²) in [6, 6.07) is 17.6. The van der Waals surface area contributed by atoms with Crippen LogP contribution >= 0.6 is 11.3 Å². The number of nitrogens with zero attached hydrogens (tertiary/aromatic N) is 1. The van der Waals surface area contributed by atoms with Crippen molar-refractivity contribution in [2.45, 2.75) is 24.3 Å². The lowest BCUT2D eigenvalue weighted by Gasteiger charge is -2.08. The Kier molecular flexibility index (Phi) is 6.45. The van der Waals surface area contributed by atoms with Gasteiger partial charge in [-0.1, -0.05) is 24.3 Å². The molecule has 0 spiro atoms. The van der Waals surface area contributed by atoms with E-state index in [-0.39, 0.29) is 17.3 Å². The van der Waals surface area contributed by atoms with E-state index in [4.69, 9.17) is 0 Å². The van der Waals surface area contributed by atoms with E-state index < -0.39 is 10.0 Å². The topological polar surface area (TPSA) is 104 Å². The maximum atomic E-state index is 12.5. The van der Waals surface area contributed by atoms with E-state index in [2.05, 4.69) is 20.0 Å². The molecular weight excluding hydrogens is 432 g/mol. The van der Waals surface area contributed by atoms with Crippen LogP contribution in [0.5, 0.6) is 0 Å². The van der Waals surface area contributed by atoms with E-state index >= 15 is 0 Å². The first-order chi connectivity index (χ1) is 15.0. The Hall–Kier alpha value is -3.01. The van der Waals surface area contributed by atoms with Crippen LogP contribution in [0.1, 0.15) is 27.5 Å². The Morgan fingerprint density at radius 2 is 1.94 bits per heavy atom. The second-order valence-corrected chi connectivity index (χ2v) is 9.79. The fourth-order valence-electron chi connectivity index (χ4n) is 3.15. The number of hydrogen-bond donors (Lipinski definition) is 3. The molecule has 0 unspecified atom stereocenters. The lowest BCUT2D eigenvalue weighted by Crippen LogP contribution is -2.26. The summed E-state index contributed by atoms with van der Waals surface area (Å²) in [7, 11) is -3.70. The highest BCUT2D eigenvalue weighted by molar-refractivity contribution is 7.89. The molecule has 4 rings (SSSR count). The number of H-pyrrole nitrogens is 1. The molecule has 4 aromatic rings. The summed E-state index contributed by atoms with van der Waals surface area (Å²) in [6.07, 6.45) is 1.42. The van der Waals surface area contributed by atoms with Crippen LogP contribution in [0.3, 0.4) is 0 Å². The number of amides is 1. The third kappa shape index (κ3) is 5.38. The van der Waals surface area contributed by atoms with Crippen LogP contribution < -0.4 is 10.0 Å². The molecule has 0 radical (unpaired) electrons. The lowest BCUT2D eigenvalue weighted by molar-refractivity contribution is 0.0953. The first kappa shape index (κ1) is 21.2. The number of aromatic amines is 1. The van der Waals surface area contributed by atoms with Crippen molar-refractivity contribution in [1.82, 2.24) is 20.0 Å². The van der Waals surface area contributed by atoms with Gasteiger partial charge in [0.05, 0.1) is 15.9 Å². The number of nitrogens with one attached hydrogen (secondary N) is 3. The summed E-state index contributed by atoms with van der Waals surface area (Å²) in [5, 5.41) is 4.73. The largest absolute Gasteiger partial charge is 0.352 e. The summed E-state index contributed by atoms with van der Waals surface area (Å²) in [4.78, 5) is 21.2. The lowest BCUT2D eigenvalue weighted by atomic mass is 10.2. The van der Waals surface area contributed by atoms with Crippen LogP contribution in [0.15, 0.2) is 70.9 Å². The minimum atomic E-state index is -3.70. The van der Waals surface area contributed by atoms with Crippen molar-refractivity contribution >= 4 is 38.3 Å². The molecule has 9 heteroatoms. The highest BCUT2D eigenvalue weighted by Gasteiger charge is 2.16. The van der Waals surface area contributed by atoms with Gasteiger partial charge in [0.2, 0.25) is 10.0 Å². The molecule has 0 bridgehead atoms. The molecule has 2 aromatic carbocycles. The number of hydrogen-bond acceptors (Lipinski definition) is 5. The van der Waals surface area contributed by atoms with Gasteiger partial charge in [0.25, 0.3) is 5.91 Å². The van der Waals surface area contributed by atoms with Crippen LogP contribution in [0, 0.1) is 0 Å². The zero-order chi connectivity index (χ0) is 21.7. The SMILES string of the molecule is O=C(NCCCc1nc2ccccc2[nH]1)c1cccc(S(=O)(=O)NCc2cccs2)c1. The van der Waals surface area contributed by atoms with Gasteiger partial charge in [-0.3, -0.25) is 4.79 Å². The van der Waals surface area contributed by atoms with Crippen molar-refractivity contribution in [3.63, 3.8) is 0 Å². The summed E-state index contributed by atoms with van der Waals surface area (Å²) in [6.45, 7) is 0.682.